The third-order valence-electron chi connectivity index (χ3n) is 4.83. The molecule has 2 heterocycles. The highest BCUT2D eigenvalue weighted by Crippen LogP contribution is 2.26. The summed E-state index contributed by atoms with van der Waals surface area (Å²) in [5.41, 5.74) is 2.55. The lowest BCUT2D eigenvalue weighted by Crippen LogP contribution is -2.21. The minimum absolute atomic E-state index is 0.303. The normalized spacial score (nSPS) is 10.5. The van der Waals surface area contributed by atoms with Gasteiger partial charge in [-0.05, 0) is 24.3 Å². The molecule has 4 aromatic rings. The van der Waals surface area contributed by atoms with Crippen molar-refractivity contribution in [2.24, 2.45) is 0 Å². The number of ether oxygens (including phenoxy) is 3. The average molecular weight is 443 g/mol. The van der Waals surface area contributed by atoms with E-state index in [1.54, 1.807) is 48.7 Å². The zero-order valence-electron chi connectivity index (χ0n) is 18.1. The number of anilines is 1. The van der Waals surface area contributed by atoms with Crippen molar-refractivity contribution < 1.29 is 23.8 Å². The van der Waals surface area contributed by atoms with Gasteiger partial charge in [0, 0.05) is 35.5 Å². The molecule has 4 rings (SSSR count). The van der Waals surface area contributed by atoms with Crippen molar-refractivity contribution >= 4 is 28.5 Å². The summed E-state index contributed by atoms with van der Waals surface area (Å²) in [5, 5.41) is 3.30. The highest BCUT2D eigenvalue weighted by Gasteiger charge is 2.17. The maximum absolute atomic E-state index is 12.9. The van der Waals surface area contributed by atoms with Crippen molar-refractivity contribution in [2.75, 3.05) is 26.1 Å². The zero-order valence-corrected chi connectivity index (χ0v) is 18.1. The van der Waals surface area contributed by atoms with Gasteiger partial charge in [0.2, 0.25) is 0 Å². The van der Waals surface area contributed by atoms with Crippen LogP contribution in [0.1, 0.15) is 10.4 Å². The summed E-state index contributed by atoms with van der Waals surface area (Å²) in [6.45, 7) is -0.464. The Morgan fingerprint density at radius 2 is 1.61 bits per heavy atom. The molecule has 0 unspecified atom stereocenters. The molecule has 2 aromatic heterocycles. The largest absolute Gasteiger partial charge is 0.497 e. The summed E-state index contributed by atoms with van der Waals surface area (Å²) < 4.78 is 15.7. The van der Waals surface area contributed by atoms with Crippen molar-refractivity contribution in [2.45, 2.75) is 0 Å². The molecule has 0 radical (unpaired) electrons. The standard InChI is InChI=1S/C25H21N3O5/c1-31-17-11-16(12-18(13-17)32-2)27-24(29)15-33-25(30)20-14-23(22-9-5-6-10-26-22)28-21-8-4-3-7-19(20)21/h3-14H,15H2,1-2H3,(H,27,29). The Morgan fingerprint density at radius 3 is 2.30 bits per heavy atom. The van der Waals surface area contributed by atoms with Crippen LogP contribution in [0.15, 0.2) is 72.9 Å². The topological polar surface area (TPSA) is 99.6 Å². The number of nitrogens with one attached hydrogen (secondary N) is 1. The van der Waals surface area contributed by atoms with Crippen LogP contribution < -0.4 is 14.8 Å². The van der Waals surface area contributed by atoms with Crippen LogP contribution in [-0.2, 0) is 9.53 Å². The predicted octanol–water partition coefficient (Wildman–Crippen LogP) is 4.11. The smallest absolute Gasteiger partial charge is 0.339 e. The van der Waals surface area contributed by atoms with Gasteiger partial charge in [0.15, 0.2) is 6.61 Å². The molecule has 0 spiro atoms. The molecular weight excluding hydrogens is 422 g/mol. The summed E-state index contributed by atoms with van der Waals surface area (Å²) in [6, 6.07) is 19.3. The zero-order chi connectivity index (χ0) is 23.2. The van der Waals surface area contributed by atoms with Gasteiger partial charge in [-0.3, -0.25) is 9.78 Å². The molecule has 1 N–H and O–H groups in total. The van der Waals surface area contributed by atoms with Crippen LogP contribution in [0, 0.1) is 0 Å². The minimum atomic E-state index is -0.635. The highest BCUT2D eigenvalue weighted by atomic mass is 16.5. The second-order valence-electron chi connectivity index (χ2n) is 7.01. The van der Waals surface area contributed by atoms with Crippen LogP contribution in [-0.4, -0.2) is 42.7 Å². The van der Waals surface area contributed by atoms with E-state index in [0.717, 1.165) is 0 Å². The molecule has 1 amide bonds. The van der Waals surface area contributed by atoms with Gasteiger partial charge >= 0.3 is 5.97 Å². The highest BCUT2D eigenvalue weighted by molar-refractivity contribution is 6.05. The quantitative estimate of drug-likeness (QED) is 0.429. The Bertz CT molecular complexity index is 1290. The molecule has 8 nitrogen and oxygen atoms in total. The summed E-state index contributed by atoms with van der Waals surface area (Å²) >= 11 is 0. The molecule has 0 aliphatic heterocycles. The first kappa shape index (κ1) is 21.8. The molecule has 0 saturated carbocycles. The summed E-state index contributed by atoms with van der Waals surface area (Å²) in [7, 11) is 3.03. The first-order chi connectivity index (χ1) is 16.1. The number of esters is 1. The fraction of sp³-hybridized carbons (Fsp3) is 0.120. The van der Waals surface area contributed by atoms with Crippen molar-refractivity contribution in [3.63, 3.8) is 0 Å². The number of hydrogen-bond donors (Lipinski definition) is 1. The van der Waals surface area contributed by atoms with Crippen LogP contribution in [0.4, 0.5) is 5.69 Å². The lowest BCUT2D eigenvalue weighted by Gasteiger charge is -2.11. The molecule has 0 fully saturated rings. The second kappa shape index (κ2) is 9.78. The van der Waals surface area contributed by atoms with E-state index in [1.165, 1.54) is 14.2 Å². The Labute approximate surface area is 190 Å². The Hall–Kier alpha value is -4.46. The van der Waals surface area contributed by atoms with Crippen molar-refractivity contribution in [1.82, 2.24) is 9.97 Å². The Kier molecular flexibility index (Phi) is 6.45. The Balaban J connectivity index is 1.53. The lowest BCUT2D eigenvalue weighted by molar-refractivity contribution is -0.119. The second-order valence-corrected chi connectivity index (χ2v) is 7.01. The van der Waals surface area contributed by atoms with Crippen molar-refractivity contribution in [3.05, 3.63) is 78.5 Å². The first-order valence-corrected chi connectivity index (χ1v) is 10.1. The van der Waals surface area contributed by atoms with Gasteiger partial charge in [-0.1, -0.05) is 24.3 Å². The third-order valence-corrected chi connectivity index (χ3v) is 4.83. The number of carbonyl (C=O) groups excluding carboxylic acids is 2. The molecule has 166 valence electrons. The van der Waals surface area contributed by atoms with E-state index in [-0.39, 0.29) is 0 Å². The molecule has 33 heavy (non-hydrogen) atoms. The van der Waals surface area contributed by atoms with E-state index in [2.05, 4.69) is 15.3 Å². The molecule has 2 aromatic carbocycles. The van der Waals surface area contributed by atoms with Crippen molar-refractivity contribution in [3.8, 4) is 22.9 Å². The number of benzene rings is 2. The van der Waals surface area contributed by atoms with E-state index in [4.69, 9.17) is 14.2 Å². The minimum Gasteiger partial charge on any atom is -0.497 e. The molecule has 0 bridgehead atoms. The third kappa shape index (κ3) is 5.07. The van der Waals surface area contributed by atoms with Gasteiger partial charge in [-0.2, -0.15) is 0 Å². The van der Waals surface area contributed by atoms with Crippen LogP contribution in [0.25, 0.3) is 22.3 Å². The summed E-state index contributed by atoms with van der Waals surface area (Å²) in [6.07, 6.45) is 1.65. The van der Waals surface area contributed by atoms with Gasteiger partial charge in [0.05, 0.1) is 36.7 Å². The maximum Gasteiger partial charge on any atom is 0.339 e. The number of hydrogen-bond acceptors (Lipinski definition) is 7. The number of pyridine rings is 2. The number of rotatable bonds is 7. The SMILES string of the molecule is COc1cc(NC(=O)COC(=O)c2cc(-c3ccccn3)nc3ccccc23)cc(OC)c1. The Morgan fingerprint density at radius 1 is 0.879 bits per heavy atom. The summed E-state index contributed by atoms with van der Waals surface area (Å²) in [5.74, 6) is -0.0926. The molecule has 8 heteroatoms. The van der Waals surface area contributed by atoms with Gasteiger partial charge in [0.1, 0.15) is 11.5 Å². The number of amides is 1. The fourth-order valence-electron chi connectivity index (χ4n) is 3.28. The van der Waals surface area contributed by atoms with Gasteiger partial charge < -0.3 is 19.5 Å². The fourth-order valence-corrected chi connectivity index (χ4v) is 3.28. The molecule has 0 atom stereocenters. The monoisotopic (exact) mass is 443 g/mol. The van der Waals surface area contributed by atoms with Crippen molar-refractivity contribution in [1.29, 1.82) is 0 Å². The molecule has 0 aliphatic rings. The van der Waals surface area contributed by atoms with E-state index in [0.29, 0.717) is 45.0 Å². The van der Waals surface area contributed by atoms with E-state index in [1.807, 2.05) is 24.3 Å². The number of para-hydroxylation sites is 1. The van der Waals surface area contributed by atoms with Gasteiger partial charge in [-0.15, -0.1) is 0 Å². The van der Waals surface area contributed by atoms with Crippen LogP contribution in [0.5, 0.6) is 11.5 Å². The van der Waals surface area contributed by atoms with Crippen LogP contribution in [0.2, 0.25) is 0 Å². The molecule has 0 saturated heterocycles. The van der Waals surface area contributed by atoms with Crippen LogP contribution >= 0.6 is 0 Å². The summed E-state index contributed by atoms with van der Waals surface area (Å²) in [4.78, 5) is 34.2. The maximum atomic E-state index is 12.9. The van der Waals surface area contributed by atoms with Gasteiger partial charge in [0.25, 0.3) is 5.91 Å². The van der Waals surface area contributed by atoms with Crippen LogP contribution in [0.3, 0.4) is 0 Å². The first-order valence-electron chi connectivity index (χ1n) is 10.1. The number of methoxy groups -OCH3 is 2. The molecular formula is C25H21N3O5. The average Bonchev–Trinajstić information content (AvgIpc) is 2.86. The van der Waals surface area contributed by atoms with E-state index >= 15 is 0 Å². The number of aromatic nitrogens is 2. The number of nitrogens with zero attached hydrogens (tertiary/aromatic N) is 2. The number of fused-ring (bicyclic) bond motifs is 1. The lowest BCUT2D eigenvalue weighted by atomic mass is 10.1. The predicted molar refractivity (Wildman–Crippen MR) is 123 cm³/mol. The van der Waals surface area contributed by atoms with E-state index < -0.39 is 18.5 Å². The van der Waals surface area contributed by atoms with Gasteiger partial charge in [-0.25, -0.2) is 9.78 Å². The molecule has 0 aliphatic carbocycles. The number of carbonyl (C=O) groups is 2. The van der Waals surface area contributed by atoms with E-state index in [9.17, 15) is 9.59 Å².